The Kier molecular flexibility index (Phi) is 7.19. The molecule has 1 aliphatic rings. The van der Waals surface area contributed by atoms with Crippen molar-refractivity contribution in [3.8, 4) is 0 Å². The Labute approximate surface area is 171 Å². The molecule has 29 heavy (non-hydrogen) atoms. The largest absolute Gasteiger partial charge is 0.480 e. The summed E-state index contributed by atoms with van der Waals surface area (Å²) in [6, 6.07) is 14.3. The summed E-state index contributed by atoms with van der Waals surface area (Å²) in [7, 11) is 1.76. The van der Waals surface area contributed by atoms with Crippen LogP contribution in [-0.4, -0.2) is 79.3 Å². The van der Waals surface area contributed by atoms with Crippen molar-refractivity contribution >= 4 is 22.6 Å². The molecule has 1 fully saturated rings. The van der Waals surface area contributed by atoms with E-state index in [1.807, 2.05) is 19.1 Å². The Morgan fingerprint density at radius 1 is 1.28 bits per heavy atom. The van der Waals surface area contributed by atoms with Crippen LogP contribution in [0.2, 0.25) is 0 Å². The Hall–Kier alpha value is -2.48. The van der Waals surface area contributed by atoms with Crippen LogP contribution in [0, 0.1) is 0 Å². The Morgan fingerprint density at radius 2 is 2.03 bits per heavy atom. The van der Waals surface area contributed by atoms with E-state index in [-0.39, 0.29) is 24.6 Å². The van der Waals surface area contributed by atoms with Gasteiger partial charge in [-0.15, -0.1) is 0 Å². The predicted octanol–water partition coefficient (Wildman–Crippen LogP) is 1.73. The molecule has 2 aromatic rings. The molecule has 0 saturated carbocycles. The minimum Gasteiger partial charge on any atom is -0.480 e. The lowest BCUT2D eigenvalue weighted by atomic mass is 10.0. The van der Waals surface area contributed by atoms with Crippen LogP contribution in [0.4, 0.5) is 0 Å². The summed E-state index contributed by atoms with van der Waals surface area (Å²) in [5, 5.41) is 14.3. The summed E-state index contributed by atoms with van der Waals surface area (Å²) in [5.74, 6) is -0.882. The van der Waals surface area contributed by atoms with Crippen molar-refractivity contribution in [1.29, 1.82) is 0 Å². The molecule has 1 saturated heterocycles. The fraction of sp³-hybridized carbons (Fsp3) is 0.455. The number of likely N-dealkylation sites (N-methyl/N-ethyl adjacent to an activating group) is 1. The van der Waals surface area contributed by atoms with Gasteiger partial charge in [-0.2, -0.15) is 0 Å². The number of fused-ring (bicyclic) bond motifs is 1. The highest BCUT2D eigenvalue weighted by molar-refractivity contribution is 5.83. The van der Waals surface area contributed by atoms with Crippen molar-refractivity contribution in [2.75, 3.05) is 46.4 Å². The molecule has 2 aromatic carbocycles. The Bertz CT molecular complexity index is 857. The quantitative estimate of drug-likeness (QED) is 0.704. The number of nitrogens with zero attached hydrogens (tertiary/aromatic N) is 2. The van der Waals surface area contributed by atoms with Gasteiger partial charge in [-0.25, -0.2) is 0 Å². The fourth-order valence-electron chi connectivity index (χ4n) is 3.73. The van der Waals surface area contributed by atoms with Crippen molar-refractivity contribution in [3.63, 3.8) is 0 Å². The van der Waals surface area contributed by atoms with Gasteiger partial charge in [0.1, 0.15) is 0 Å². The zero-order valence-corrected chi connectivity index (χ0v) is 17.0. The van der Waals surface area contributed by atoms with E-state index in [1.54, 1.807) is 11.9 Å². The molecule has 1 aliphatic heterocycles. The third-order valence-electron chi connectivity index (χ3n) is 5.16. The first kappa shape index (κ1) is 21.2. The number of morpholine rings is 1. The van der Waals surface area contributed by atoms with Gasteiger partial charge in [-0.3, -0.25) is 19.4 Å². The molecule has 7 nitrogen and oxygen atoms in total. The number of amides is 1. The van der Waals surface area contributed by atoms with Crippen molar-refractivity contribution in [3.05, 3.63) is 48.0 Å². The van der Waals surface area contributed by atoms with E-state index in [9.17, 15) is 9.59 Å². The number of carbonyl (C=O) groups excluding carboxylic acids is 1. The average molecular weight is 399 g/mol. The molecule has 0 bridgehead atoms. The molecule has 2 N–H and O–H groups in total. The first-order chi connectivity index (χ1) is 13.9. The van der Waals surface area contributed by atoms with Gasteiger partial charge in [0.2, 0.25) is 5.91 Å². The summed E-state index contributed by atoms with van der Waals surface area (Å²) in [4.78, 5) is 27.1. The van der Waals surface area contributed by atoms with E-state index in [4.69, 9.17) is 9.84 Å². The van der Waals surface area contributed by atoms with Gasteiger partial charge in [-0.05, 0) is 36.4 Å². The van der Waals surface area contributed by atoms with E-state index >= 15 is 0 Å². The first-order valence-electron chi connectivity index (χ1n) is 9.93. The standard InChI is InChI=1S/C22H29N3O4/c1-16(18-8-7-17-5-3-4-6-19(17)11-18)23-21(26)14-25-9-10-29-20(13-25)12-24(2)15-22(27)28/h3-8,11,16,20H,9-10,12-15H2,1-2H3,(H,23,26)(H,27,28). The van der Waals surface area contributed by atoms with E-state index in [0.717, 1.165) is 10.9 Å². The van der Waals surface area contributed by atoms with Crippen LogP contribution in [0.5, 0.6) is 0 Å². The summed E-state index contributed by atoms with van der Waals surface area (Å²) in [5.41, 5.74) is 1.08. The van der Waals surface area contributed by atoms with Crippen LogP contribution >= 0.6 is 0 Å². The predicted molar refractivity (Wildman–Crippen MR) is 112 cm³/mol. The lowest BCUT2D eigenvalue weighted by Crippen LogP contribution is -2.50. The topological polar surface area (TPSA) is 82.1 Å². The van der Waals surface area contributed by atoms with E-state index < -0.39 is 5.97 Å². The number of carbonyl (C=O) groups is 2. The molecule has 2 unspecified atom stereocenters. The number of nitrogens with one attached hydrogen (secondary N) is 1. The van der Waals surface area contributed by atoms with E-state index in [2.05, 4.69) is 40.5 Å². The van der Waals surface area contributed by atoms with Gasteiger partial charge < -0.3 is 15.2 Å². The maximum atomic E-state index is 12.6. The number of benzene rings is 2. The van der Waals surface area contributed by atoms with Gasteiger partial charge in [0.25, 0.3) is 0 Å². The number of ether oxygens (including phenoxy) is 1. The van der Waals surface area contributed by atoms with E-state index in [0.29, 0.717) is 32.8 Å². The number of rotatable bonds is 8. The highest BCUT2D eigenvalue weighted by Crippen LogP contribution is 2.20. The van der Waals surface area contributed by atoms with Crippen LogP contribution in [-0.2, 0) is 14.3 Å². The number of carboxylic acids is 1. The maximum absolute atomic E-state index is 12.6. The molecule has 1 amide bonds. The molecule has 0 aromatic heterocycles. The third-order valence-corrected chi connectivity index (χ3v) is 5.16. The third kappa shape index (κ3) is 6.25. The maximum Gasteiger partial charge on any atom is 0.317 e. The van der Waals surface area contributed by atoms with E-state index in [1.165, 1.54) is 5.39 Å². The number of hydrogen-bond donors (Lipinski definition) is 2. The summed E-state index contributed by atoms with van der Waals surface area (Å²) in [6.07, 6.45) is -0.0983. The minimum atomic E-state index is -0.859. The monoisotopic (exact) mass is 399 g/mol. The van der Waals surface area contributed by atoms with Gasteiger partial charge in [0.15, 0.2) is 0 Å². The molecule has 3 rings (SSSR count). The zero-order valence-electron chi connectivity index (χ0n) is 17.0. The van der Waals surface area contributed by atoms with Crippen molar-refractivity contribution in [2.45, 2.75) is 19.1 Å². The van der Waals surface area contributed by atoms with Gasteiger partial charge >= 0.3 is 5.97 Å². The van der Waals surface area contributed by atoms with Crippen LogP contribution in [0.1, 0.15) is 18.5 Å². The molecular weight excluding hydrogens is 370 g/mol. The lowest BCUT2D eigenvalue weighted by Gasteiger charge is -2.34. The van der Waals surface area contributed by atoms with Crippen LogP contribution in [0.25, 0.3) is 10.8 Å². The second-order valence-corrected chi connectivity index (χ2v) is 7.71. The average Bonchev–Trinajstić information content (AvgIpc) is 2.67. The first-order valence-corrected chi connectivity index (χ1v) is 9.93. The van der Waals surface area contributed by atoms with Gasteiger partial charge in [0, 0.05) is 19.6 Å². The van der Waals surface area contributed by atoms with Crippen LogP contribution in [0.3, 0.4) is 0 Å². The van der Waals surface area contributed by atoms with Gasteiger partial charge in [0.05, 0.1) is 31.8 Å². The van der Waals surface area contributed by atoms with Gasteiger partial charge in [-0.1, -0.05) is 36.4 Å². The summed E-state index contributed by atoms with van der Waals surface area (Å²) < 4.78 is 5.73. The molecule has 0 aliphatic carbocycles. The lowest BCUT2D eigenvalue weighted by molar-refractivity contribution is -0.138. The normalized spacial score (nSPS) is 18.7. The molecule has 0 radical (unpaired) electrons. The number of aliphatic carboxylic acids is 1. The van der Waals surface area contributed by atoms with Crippen molar-refractivity contribution < 1.29 is 19.4 Å². The summed E-state index contributed by atoms with van der Waals surface area (Å²) >= 11 is 0. The SMILES string of the molecule is CC(NC(=O)CN1CCOC(CN(C)CC(=O)O)C1)c1ccc2ccccc2c1. The highest BCUT2D eigenvalue weighted by atomic mass is 16.5. The van der Waals surface area contributed by atoms with Crippen LogP contribution in [0.15, 0.2) is 42.5 Å². The molecule has 7 heteroatoms. The van der Waals surface area contributed by atoms with Crippen molar-refractivity contribution in [2.24, 2.45) is 0 Å². The zero-order chi connectivity index (χ0) is 20.8. The fourth-order valence-corrected chi connectivity index (χ4v) is 3.73. The molecular formula is C22H29N3O4. The molecule has 2 atom stereocenters. The molecule has 156 valence electrons. The second kappa shape index (κ2) is 9.82. The molecule has 0 spiro atoms. The molecule has 1 heterocycles. The van der Waals surface area contributed by atoms with Crippen LogP contribution < -0.4 is 5.32 Å². The highest BCUT2D eigenvalue weighted by Gasteiger charge is 2.24. The minimum absolute atomic E-state index is 0.0230. The Balaban J connectivity index is 1.50. The number of carboxylic acid groups (broad SMARTS) is 1. The summed E-state index contributed by atoms with van der Waals surface area (Å²) in [6.45, 7) is 4.64. The second-order valence-electron chi connectivity index (χ2n) is 7.71. The van der Waals surface area contributed by atoms with Crippen molar-refractivity contribution in [1.82, 2.24) is 15.1 Å². The number of hydrogen-bond acceptors (Lipinski definition) is 5. The Morgan fingerprint density at radius 3 is 2.79 bits per heavy atom. The smallest absolute Gasteiger partial charge is 0.317 e.